The van der Waals surface area contributed by atoms with Crippen molar-refractivity contribution < 1.29 is 4.79 Å². The van der Waals surface area contributed by atoms with E-state index in [2.05, 4.69) is 18.2 Å². The minimum Gasteiger partial charge on any atom is -0.334 e. The van der Waals surface area contributed by atoms with E-state index in [1.165, 1.54) is 34.1 Å². The predicted octanol–water partition coefficient (Wildman–Crippen LogP) is 2.23. The number of fused-ring (bicyclic) bond motifs is 1. The molecule has 0 spiro atoms. The van der Waals surface area contributed by atoms with E-state index in [4.69, 9.17) is 0 Å². The molecule has 4 rings (SSSR count). The van der Waals surface area contributed by atoms with E-state index >= 15 is 0 Å². The highest BCUT2D eigenvalue weighted by atomic mass is 32.1. The molecular weight excluding hydrogens is 362 g/mol. The number of aryl methyl sites for hydroxylation is 1. The van der Waals surface area contributed by atoms with E-state index in [9.17, 15) is 14.4 Å². The Hall–Kier alpha value is -2.93. The van der Waals surface area contributed by atoms with Gasteiger partial charge in [-0.25, -0.2) is 4.79 Å². The van der Waals surface area contributed by atoms with Gasteiger partial charge in [-0.3, -0.25) is 18.7 Å². The lowest BCUT2D eigenvalue weighted by Gasteiger charge is -2.26. The molecule has 2 aromatic heterocycles. The number of aromatic nitrogens is 2. The highest BCUT2D eigenvalue weighted by molar-refractivity contribution is 7.20. The molecule has 0 unspecified atom stereocenters. The van der Waals surface area contributed by atoms with Gasteiger partial charge in [0.25, 0.3) is 11.5 Å². The summed E-state index contributed by atoms with van der Waals surface area (Å²) in [5.74, 6) is -0.103. The molecule has 3 heterocycles. The van der Waals surface area contributed by atoms with Gasteiger partial charge in [-0.1, -0.05) is 36.4 Å². The second-order valence-electron chi connectivity index (χ2n) is 6.63. The maximum Gasteiger partial charge on any atom is 0.331 e. The maximum absolute atomic E-state index is 12.9. The van der Waals surface area contributed by atoms with Crippen molar-refractivity contribution in [2.24, 2.45) is 14.1 Å². The third kappa shape index (κ3) is 2.94. The topological polar surface area (TPSA) is 64.3 Å². The van der Waals surface area contributed by atoms with Gasteiger partial charge in [-0.2, -0.15) is 0 Å². The standard InChI is InChI=1S/C20H19N3O3S/c1-21-17(24)15-12-16(27-19(15)22(2)20(21)26)18(25)23-10-8-14(9-11-23)13-6-4-3-5-7-13/h3-8,12H,9-11H2,1-2H3. The number of hydrogen-bond acceptors (Lipinski definition) is 4. The van der Waals surface area contributed by atoms with Crippen molar-refractivity contribution in [1.82, 2.24) is 14.0 Å². The number of nitrogens with zero attached hydrogens (tertiary/aromatic N) is 3. The summed E-state index contributed by atoms with van der Waals surface area (Å²) in [4.78, 5) is 40.1. The molecule has 0 saturated heterocycles. The van der Waals surface area contributed by atoms with E-state index in [1.807, 2.05) is 18.2 Å². The van der Waals surface area contributed by atoms with Crippen LogP contribution in [0.15, 0.2) is 52.1 Å². The van der Waals surface area contributed by atoms with Crippen LogP contribution in [-0.2, 0) is 14.1 Å². The monoisotopic (exact) mass is 381 g/mol. The van der Waals surface area contributed by atoms with E-state index in [1.54, 1.807) is 18.0 Å². The van der Waals surface area contributed by atoms with Crippen LogP contribution >= 0.6 is 11.3 Å². The maximum atomic E-state index is 12.9. The number of hydrogen-bond donors (Lipinski definition) is 0. The largest absolute Gasteiger partial charge is 0.334 e. The molecule has 1 aromatic carbocycles. The summed E-state index contributed by atoms with van der Waals surface area (Å²) in [6.45, 7) is 1.17. The Balaban J connectivity index is 1.64. The Morgan fingerprint density at radius 2 is 1.81 bits per heavy atom. The first-order valence-electron chi connectivity index (χ1n) is 8.70. The first kappa shape index (κ1) is 17.5. The lowest BCUT2D eigenvalue weighted by atomic mass is 9.99. The van der Waals surface area contributed by atoms with Gasteiger partial charge in [0, 0.05) is 27.2 Å². The number of thiophene rings is 1. The molecule has 0 radical (unpaired) electrons. The fraction of sp³-hybridized carbons (Fsp3) is 0.250. The number of carbonyl (C=O) groups is 1. The quantitative estimate of drug-likeness (QED) is 0.684. The van der Waals surface area contributed by atoms with Crippen molar-refractivity contribution >= 4 is 33.0 Å². The Bertz CT molecular complexity index is 1180. The van der Waals surface area contributed by atoms with Crippen molar-refractivity contribution in [2.45, 2.75) is 6.42 Å². The van der Waals surface area contributed by atoms with Crippen LogP contribution in [-0.4, -0.2) is 33.0 Å². The molecule has 1 amide bonds. The van der Waals surface area contributed by atoms with Crippen LogP contribution in [0, 0.1) is 0 Å². The Kier molecular flexibility index (Phi) is 4.31. The summed E-state index contributed by atoms with van der Waals surface area (Å²) < 4.78 is 2.49. The number of amides is 1. The van der Waals surface area contributed by atoms with Crippen LogP contribution in [0.4, 0.5) is 0 Å². The third-order valence-electron chi connectivity index (χ3n) is 4.98. The molecule has 6 nitrogen and oxygen atoms in total. The normalized spacial score (nSPS) is 14.4. The summed E-state index contributed by atoms with van der Waals surface area (Å²) in [5.41, 5.74) is 1.67. The summed E-state index contributed by atoms with van der Waals surface area (Å²) in [5, 5.41) is 0.408. The minimum atomic E-state index is -0.387. The number of rotatable bonds is 2. The van der Waals surface area contributed by atoms with Crippen LogP contribution in [0.25, 0.3) is 15.8 Å². The van der Waals surface area contributed by atoms with Crippen LogP contribution in [0.2, 0.25) is 0 Å². The van der Waals surface area contributed by atoms with Crippen molar-refractivity contribution in [3.05, 3.63) is 73.8 Å². The van der Waals surface area contributed by atoms with Gasteiger partial charge in [-0.05, 0) is 23.6 Å². The zero-order valence-corrected chi connectivity index (χ0v) is 16.0. The highest BCUT2D eigenvalue weighted by Crippen LogP contribution is 2.26. The van der Waals surface area contributed by atoms with E-state index in [0.29, 0.717) is 28.2 Å². The first-order valence-corrected chi connectivity index (χ1v) is 9.52. The van der Waals surface area contributed by atoms with Crippen LogP contribution in [0.1, 0.15) is 21.7 Å². The molecule has 7 heteroatoms. The smallest absolute Gasteiger partial charge is 0.331 e. The minimum absolute atomic E-state index is 0.103. The second kappa shape index (κ2) is 6.66. The predicted molar refractivity (Wildman–Crippen MR) is 107 cm³/mol. The van der Waals surface area contributed by atoms with Gasteiger partial charge in [0.2, 0.25) is 0 Å². The van der Waals surface area contributed by atoms with Crippen LogP contribution in [0.3, 0.4) is 0 Å². The summed E-state index contributed by atoms with van der Waals surface area (Å²) in [6.07, 6.45) is 2.87. The Morgan fingerprint density at radius 1 is 1.07 bits per heavy atom. The van der Waals surface area contributed by atoms with Crippen molar-refractivity contribution in [3.63, 3.8) is 0 Å². The van der Waals surface area contributed by atoms with Gasteiger partial charge >= 0.3 is 5.69 Å². The number of carbonyl (C=O) groups excluding carboxylic acids is 1. The SMILES string of the molecule is Cn1c(=O)c2cc(C(=O)N3CC=C(c4ccccc4)CC3)sc2n(C)c1=O. The van der Waals surface area contributed by atoms with Gasteiger partial charge < -0.3 is 4.90 Å². The Morgan fingerprint density at radius 3 is 2.48 bits per heavy atom. The molecule has 27 heavy (non-hydrogen) atoms. The van der Waals surface area contributed by atoms with Gasteiger partial charge in [0.1, 0.15) is 4.83 Å². The molecule has 1 aliphatic heterocycles. The van der Waals surface area contributed by atoms with Crippen LogP contribution < -0.4 is 11.2 Å². The van der Waals surface area contributed by atoms with Gasteiger partial charge in [-0.15, -0.1) is 11.3 Å². The fourth-order valence-electron chi connectivity index (χ4n) is 3.39. The number of benzene rings is 1. The van der Waals surface area contributed by atoms with Crippen LogP contribution in [0.5, 0.6) is 0 Å². The lowest BCUT2D eigenvalue weighted by Crippen LogP contribution is -2.36. The van der Waals surface area contributed by atoms with E-state index < -0.39 is 0 Å². The molecule has 0 bridgehead atoms. The Labute approximate surface area is 159 Å². The molecule has 0 fully saturated rings. The fourth-order valence-corrected chi connectivity index (χ4v) is 4.47. The summed E-state index contributed by atoms with van der Waals surface area (Å²) in [7, 11) is 3.06. The molecule has 1 aliphatic rings. The van der Waals surface area contributed by atoms with E-state index in [0.717, 1.165) is 11.0 Å². The average Bonchev–Trinajstić information content (AvgIpc) is 3.16. The highest BCUT2D eigenvalue weighted by Gasteiger charge is 2.23. The molecule has 0 N–H and O–H groups in total. The third-order valence-corrected chi connectivity index (χ3v) is 6.18. The van der Waals surface area contributed by atoms with Crippen molar-refractivity contribution in [3.8, 4) is 0 Å². The molecule has 0 atom stereocenters. The first-order chi connectivity index (χ1) is 13.0. The summed E-state index contributed by atoms with van der Waals surface area (Å²) >= 11 is 1.20. The van der Waals surface area contributed by atoms with Gasteiger partial charge in [0.05, 0.1) is 10.3 Å². The van der Waals surface area contributed by atoms with Crippen molar-refractivity contribution in [1.29, 1.82) is 0 Å². The second-order valence-corrected chi connectivity index (χ2v) is 7.66. The zero-order valence-electron chi connectivity index (χ0n) is 15.1. The molecule has 138 valence electrons. The van der Waals surface area contributed by atoms with Crippen molar-refractivity contribution in [2.75, 3.05) is 13.1 Å². The van der Waals surface area contributed by atoms with E-state index in [-0.39, 0.29) is 17.2 Å². The molecular formula is C20H19N3O3S. The average molecular weight is 381 g/mol. The molecule has 3 aromatic rings. The molecule has 0 aliphatic carbocycles. The lowest BCUT2D eigenvalue weighted by molar-refractivity contribution is 0.0778. The zero-order chi connectivity index (χ0) is 19.1. The molecule has 0 saturated carbocycles. The van der Waals surface area contributed by atoms with Gasteiger partial charge in [0.15, 0.2) is 0 Å². The summed E-state index contributed by atoms with van der Waals surface area (Å²) in [6, 6.07) is 11.8.